The Bertz CT molecular complexity index is 416. The van der Waals surface area contributed by atoms with Gasteiger partial charge < -0.3 is 11.5 Å². The van der Waals surface area contributed by atoms with Gasteiger partial charge in [0.05, 0.1) is 11.5 Å². The van der Waals surface area contributed by atoms with Crippen molar-refractivity contribution in [2.24, 2.45) is 16.5 Å². The number of nitro benzene ring substituents is 1. The molecular formula is C9H13ClN4O2. The molecule has 1 rings (SSSR count). The maximum atomic E-state index is 10.5. The van der Waals surface area contributed by atoms with Crippen LogP contribution in [0.5, 0.6) is 0 Å². The first-order chi connectivity index (χ1) is 7.00. The number of hydrogen-bond donors (Lipinski definition) is 2. The highest BCUT2D eigenvalue weighted by molar-refractivity contribution is 5.85. The summed E-state index contributed by atoms with van der Waals surface area (Å²) in [6, 6.07) is 4.59. The zero-order valence-corrected chi connectivity index (χ0v) is 9.53. The smallest absolute Gasteiger partial charge is 0.269 e. The minimum atomic E-state index is -0.433. The highest BCUT2D eigenvalue weighted by Crippen LogP contribution is 2.17. The third-order valence-corrected chi connectivity index (χ3v) is 1.97. The first-order valence-corrected chi connectivity index (χ1v) is 4.30. The van der Waals surface area contributed by atoms with Gasteiger partial charge in [-0.2, -0.15) is 0 Å². The summed E-state index contributed by atoms with van der Waals surface area (Å²) in [6.45, 7) is 2.12. The van der Waals surface area contributed by atoms with Crippen LogP contribution in [0.2, 0.25) is 0 Å². The molecule has 0 spiro atoms. The summed E-state index contributed by atoms with van der Waals surface area (Å²) in [5.41, 5.74) is 12.1. The van der Waals surface area contributed by atoms with E-state index in [0.29, 0.717) is 6.54 Å². The summed E-state index contributed by atoms with van der Waals surface area (Å²) >= 11 is 0. The lowest BCUT2D eigenvalue weighted by atomic mass is 10.1. The third kappa shape index (κ3) is 3.74. The normalized spacial score (nSPS) is 9.06. The minimum Gasteiger partial charge on any atom is -0.370 e. The van der Waals surface area contributed by atoms with Crippen molar-refractivity contribution in [3.8, 4) is 0 Å². The summed E-state index contributed by atoms with van der Waals surface area (Å²) < 4.78 is 0. The first-order valence-electron chi connectivity index (χ1n) is 4.30. The molecule has 0 aliphatic rings. The van der Waals surface area contributed by atoms with Crippen LogP contribution in [-0.2, 0) is 6.54 Å². The highest BCUT2D eigenvalue weighted by atomic mass is 35.5. The van der Waals surface area contributed by atoms with E-state index >= 15 is 0 Å². The Morgan fingerprint density at radius 1 is 1.50 bits per heavy atom. The number of halogens is 1. The predicted molar refractivity (Wildman–Crippen MR) is 64.6 cm³/mol. The average molecular weight is 245 g/mol. The van der Waals surface area contributed by atoms with Crippen LogP contribution in [0.15, 0.2) is 23.2 Å². The number of nitro groups is 1. The predicted octanol–water partition coefficient (Wildman–Crippen LogP) is 1.10. The second kappa shape index (κ2) is 5.92. The van der Waals surface area contributed by atoms with Crippen molar-refractivity contribution in [1.82, 2.24) is 0 Å². The summed E-state index contributed by atoms with van der Waals surface area (Å²) in [5.74, 6) is 0.00718. The van der Waals surface area contributed by atoms with E-state index in [1.54, 1.807) is 13.0 Å². The van der Waals surface area contributed by atoms with E-state index in [4.69, 9.17) is 11.5 Å². The molecule has 0 saturated heterocycles. The Kier molecular flexibility index (Phi) is 5.24. The second-order valence-electron chi connectivity index (χ2n) is 3.11. The molecule has 0 atom stereocenters. The molecule has 0 amide bonds. The Morgan fingerprint density at radius 3 is 2.56 bits per heavy atom. The van der Waals surface area contributed by atoms with Crippen molar-refractivity contribution in [3.05, 3.63) is 39.4 Å². The first kappa shape index (κ1) is 14.2. The van der Waals surface area contributed by atoms with Gasteiger partial charge >= 0.3 is 0 Å². The molecule has 0 unspecified atom stereocenters. The van der Waals surface area contributed by atoms with E-state index in [-0.39, 0.29) is 24.1 Å². The van der Waals surface area contributed by atoms with Crippen molar-refractivity contribution < 1.29 is 4.92 Å². The molecule has 0 heterocycles. The maximum absolute atomic E-state index is 10.5. The molecule has 0 bridgehead atoms. The van der Waals surface area contributed by atoms with Crippen molar-refractivity contribution in [2.45, 2.75) is 13.5 Å². The molecular weight excluding hydrogens is 232 g/mol. The summed E-state index contributed by atoms with van der Waals surface area (Å²) in [6.07, 6.45) is 0. The van der Waals surface area contributed by atoms with E-state index < -0.39 is 4.92 Å². The molecule has 0 fully saturated rings. The SMILES string of the molecule is Cc1cc([N+](=O)[O-])ccc1CN=C(N)N.Cl. The van der Waals surface area contributed by atoms with E-state index in [0.717, 1.165) is 11.1 Å². The van der Waals surface area contributed by atoms with Crippen LogP contribution < -0.4 is 11.5 Å². The molecule has 0 saturated carbocycles. The van der Waals surface area contributed by atoms with Gasteiger partial charge in [0.25, 0.3) is 5.69 Å². The van der Waals surface area contributed by atoms with Crippen molar-refractivity contribution in [1.29, 1.82) is 0 Å². The van der Waals surface area contributed by atoms with Crippen LogP contribution in [0.1, 0.15) is 11.1 Å². The fraction of sp³-hybridized carbons (Fsp3) is 0.222. The van der Waals surface area contributed by atoms with Crippen molar-refractivity contribution >= 4 is 24.1 Å². The Balaban J connectivity index is 0.00000225. The Labute approximate surface area is 98.9 Å². The van der Waals surface area contributed by atoms with Gasteiger partial charge in [-0.25, -0.2) is 4.99 Å². The van der Waals surface area contributed by atoms with Gasteiger partial charge in [-0.1, -0.05) is 6.07 Å². The quantitative estimate of drug-likeness (QED) is 0.359. The van der Waals surface area contributed by atoms with E-state index in [1.807, 2.05) is 0 Å². The fourth-order valence-electron chi connectivity index (χ4n) is 1.15. The van der Waals surface area contributed by atoms with Gasteiger partial charge in [-0.3, -0.25) is 10.1 Å². The Morgan fingerprint density at radius 2 is 2.12 bits per heavy atom. The molecule has 4 N–H and O–H groups in total. The van der Waals surface area contributed by atoms with E-state index in [1.165, 1.54) is 12.1 Å². The monoisotopic (exact) mass is 244 g/mol. The topological polar surface area (TPSA) is 108 Å². The van der Waals surface area contributed by atoms with Crippen LogP contribution in [0.4, 0.5) is 5.69 Å². The zero-order chi connectivity index (χ0) is 11.4. The number of non-ortho nitro benzene ring substituents is 1. The lowest BCUT2D eigenvalue weighted by Crippen LogP contribution is -2.22. The lowest BCUT2D eigenvalue weighted by Gasteiger charge is -2.02. The van der Waals surface area contributed by atoms with Gasteiger partial charge in [0.2, 0.25) is 0 Å². The summed E-state index contributed by atoms with van der Waals surface area (Å²) in [4.78, 5) is 13.9. The van der Waals surface area contributed by atoms with Crippen LogP contribution in [0, 0.1) is 17.0 Å². The molecule has 1 aromatic rings. The largest absolute Gasteiger partial charge is 0.370 e. The highest BCUT2D eigenvalue weighted by Gasteiger charge is 2.07. The van der Waals surface area contributed by atoms with E-state index in [9.17, 15) is 10.1 Å². The van der Waals surface area contributed by atoms with Gasteiger partial charge in [0, 0.05) is 12.1 Å². The standard InChI is InChI=1S/C9H12N4O2.ClH/c1-6-4-8(13(14)15)3-2-7(6)5-12-9(10)11;/h2-4H,5H2,1H3,(H4,10,11,12);1H. The number of aliphatic imine (C=N–C) groups is 1. The van der Waals surface area contributed by atoms with E-state index in [2.05, 4.69) is 4.99 Å². The molecule has 0 aromatic heterocycles. The molecule has 0 aliphatic carbocycles. The molecule has 1 aromatic carbocycles. The molecule has 0 radical (unpaired) electrons. The molecule has 0 aliphatic heterocycles. The van der Waals surface area contributed by atoms with Crippen LogP contribution in [-0.4, -0.2) is 10.9 Å². The Hall–Kier alpha value is -1.82. The number of aryl methyl sites for hydroxylation is 1. The number of hydrogen-bond acceptors (Lipinski definition) is 3. The van der Waals surface area contributed by atoms with Gasteiger partial charge in [-0.15, -0.1) is 12.4 Å². The minimum absolute atomic E-state index is 0. The van der Waals surface area contributed by atoms with Crippen LogP contribution in [0.25, 0.3) is 0 Å². The fourth-order valence-corrected chi connectivity index (χ4v) is 1.15. The zero-order valence-electron chi connectivity index (χ0n) is 8.71. The maximum Gasteiger partial charge on any atom is 0.269 e. The van der Waals surface area contributed by atoms with Gasteiger partial charge in [0.1, 0.15) is 0 Å². The number of nitrogens with two attached hydrogens (primary N) is 2. The second-order valence-corrected chi connectivity index (χ2v) is 3.11. The van der Waals surface area contributed by atoms with Crippen molar-refractivity contribution in [3.63, 3.8) is 0 Å². The summed E-state index contributed by atoms with van der Waals surface area (Å²) in [7, 11) is 0. The molecule has 7 heteroatoms. The van der Waals surface area contributed by atoms with Gasteiger partial charge in [0.15, 0.2) is 5.96 Å². The lowest BCUT2D eigenvalue weighted by molar-refractivity contribution is -0.384. The number of rotatable bonds is 3. The number of nitrogens with zero attached hydrogens (tertiary/aromatic N) is 2. The average Bonchev–Trinajstić information content (AvgIpc) is 2.15. The molecule has 6 nitrogen and oxygen atoms in total. The van der Waals surface area contributed by atoms with Crippen molar-refractivity contribution in [2.75, 3.05) is 0 Å². The van der Waals surface area contributed by atoms with Gasteiger partial charge in [-0.05, 0) is 18.1 Å². The summed E-state index contributed by atoms with van der Waals surface area (Å²) in [5, 5.41) is 10.5. The number of benzene rings is 1. The van der Waals surface area contributed by atoms with Crippen LogP contribution >= 0.6 is 12.4 Å². The van der Waals surface area contributed by atoms with Crippen LogP contribution in [0.3, 0.4) is 0 Å². The molecule has 88 valence electrons. The third-order valence-electron chi connectivity index (χ3n) is 1.97. The number of guanidine groups is 1. The molecule has 16 heavy (non-hydrogen) atoms.